The Balaban J connectivity index is 1.50. The van der Waals surface area contributed by atoms with Gasteiger partial charge in [0, 0.05) is 42.3 Å². The van der Waals surface area contributed by atoms with Crippen LogP contribution in [-0.4, -0.2) is 75.0 Å². The molecule has 0 saturated heterocycles. The number of hydrogen-bond acceptors (Lipinski definition) is 10. The van der Waals surface area contributed by atoms with Crippen molar-refractivity contribution in [1.29, 1.82) is 0 Å². The van der Waals surface area contributed by atoms with Crippen LogP contribution in [0.5, 0.6) is 11.5 Å². The number of fused-ring (bicyclic) bond motifs is 1. The molecule has 0 saturated carbocycles. The zero-order valence-corrected chi connectivity index (χ0v) is 23.8. The number of aliphatic hydroxyl groups is 1. The molecule has 0 fully saturated rings. The maximum absolute atomic E-state index is 14.9. The molecule has 16 heteroatoms. The van der Waals surface area contributed by atoms with Crippen LogP contribution in [0, 0.1) is 11.6 Å². The Morgan fingerprint density at radius 2 is 1.87 bits per heavy atom. The summed E-state index contributed by atoms with van der Waals surface area (Å²) >= 11 is 0. The minimum atomic E-state index is -4.59. The Bertz CT molecular complexity index is 1670. The van der Waals surface area contributed by atoms with E-state index >= 15 is 0 Å². The standard InChI is InChI=1S/C29H28F5N7O4/c1-2-43-18-12-21(30)20(22(31)13-18)15-40-23-7-4-3-6-19(23)26(39-40)28-36-14-24(44-11-5-10-42)27(38-28)37-25-8-9-35-17-41(25)45-16-29(32,33)34/h3-4,6-9,12-14,17,25,42H,2,5,10-11,15-16H2,1H3,(H,36,37,38). The number of nitrogens with zero attached hydrogens (tertiary/aromatic N) is 6. The SMILES string of the molecule is CCOc1cc(F)c(Cn2nc(-c3ncc(OCCCO)c(NC4C=CN=CN4OCC(F)(F)F)n3)c3ccccc32)c(F)c1. The lowest BCUT2D eigenvalue weighted by Gasteiger charge is -2.29. The normalized spacial score (nSPS) is 14.7. The zero-order chi connectivity index (χ0) is 32.0. The molecule has 3 heterocycles. The molecule has 2 N–H and O–H groups in total. The van der Waals surface area contributed by atoms with E-state index in [1.807, 2.05) is 0 Å². The Hall–Kier alpha value is -4.83. The van der Waals surface area contributed by atoms with Gasteiger partial charge < -0.3 is 19.9 Å². The summed E-state index contributed by atoms with van der Waals surface area (Å²) in [6.45, 7) is 0.101. The van der Waals surface area contributed by atoms with E-state index in [0.717, 1.165) is 23.5 Å². The Labute approximate surface area is 253 Å². The van der Waals surface area contributed by atoms with Crippen LogP contribution in [0.4, 0.5) is 27.8 Å². The van der Waals surface area contributed by atoms with Crippen molar-refractivity contribution in [2.75, 3.05) is 31.7 Å². The van der Waals surface area contributed by atoms with Gasteiger partial charge in [-0.15, -0.1) is 0 Å². The summed E-state index contributed by atoms with van der Waals surface area (Å²) in [4.78, 5) is 17.7. The first-order valence-electron chi connectivity index (χ1n) is 13.8. The van der Waals surface area contributed by atoms with Gasteiger partial charge in [-0.1, -0.05) is 18.2 Å². The molecule has 1 unspecified atom stereocenters. The number of nitrogens with one attached hydrogen (secondary N) is 1. The second-order valence-corrected chi connectivity index (χ2v) is 9.60. The first kappa shape index (κ1) is 31.6. The fraction of sp³-hybridized carbons (Fsp3) is 0.310. The third kappa shape index (κ3) is 7.64. The third-order valence-corrected chi connectivity index (χ3v) is 6.39. The molecule has 0 spiro atoms. The molecule has 2 aromatic carbocycles. The van der Waals surface area contributed by atoms with Crippen molar-refractivity contribution in [2.45, 2.75) is 32.2 Å². The van der Waals surface area contributed by atoms with E-state index in [9.17, 15) is 27.1 Å². The lowest BCUT2D eigenvalue weighted by atomic mass is 10.1. The number of alkyl halides is 3. The predicted octanol–water partition coefficient (Wildman–Crippen LogP) is 5.07. The number of anilines is 1. The van der Waals surface area contributed by atoms with Crippen molar-refractivity contribution in [3.05, 3.63) is 72.1 Å². The van der Waals surface area contributed by atoms with Gasteiger partial charge in [0.15, 0.2) is 24.0 Å². The molecule has 0 aliphatic carbocycles. The van der Waals surface area contributed by atoms with E-state index in [-0.39, 0.29) is 60.8 Å². The van der Waals surface area contributed by atoms with Gasteiger partial charge in [0.25, 0.3) is 0 Å². The first-order valence-corrected chi connectivity index (χ1v) is 13.8. The first-order chi connectivity index (χ1) is 21.7. The maximum Gasteiger partial charge on any atom is 0.414 e. The fourth-order valence-corrected chi connectivity index (χ4v) is 4.39. The van der Waals surface area contributed by atoms with Crippen LogP contribution in [-0.2, 0) is 11.4 Å². The van der Waals surface area contributed by atoms with Crippen molar-refractivity contribution in [1.82, 2.24) is 24.8 Å². The summed E-state index contributed by atoms with van der Waals surface area (Å²) in [7, 11) is 0. The number of benzene rings is 2. The summed E-state index contributed by atoms with van der Waals surface area (Å²) in [6.07, 6.45) is -0.0288. The highest BCUT2D eigenvalue weighted by atomic mass is 19.4. The third-order valence-electron chi connectivity index (χ3n) is 6.39. The molecule has 11 nitrogen and oxygen atoms in total. The summed E-state index contributed by atoms with van der Waals surface area (Å²) in [5, 5.41) is 18.2. The molecule has 238 valence electrons. The van der Waals surface area contributed by atoms with E-state index in [1.165, 1.54) is 23.2 Å². The van der Waals surface area contributed by atoms with Gasteiger partial charge in [0.1, 0.15) is 35.6 Å². The summed E-state index contributed by atoms with van der Waals surface area (Å²) in [6, 6.07) is 9.18. The minimum Gasteiger partial charge on any atom is -0.494 e. The number of para-hydroxylation sites is 1. The number of hydrogen-bond donors (Lipinski definition) is 2. The second-order valence-electron chi connectivity index (χ2n) is 9.60. The summed E-state index contributed by atoms with van der Waals surface area (Å²) in [5.74, 6) is -1.22. The van der Waals surface area contributed by atoms with Crippen LogP contribution in [0.1, 0.15) is 18.9 Å². The van der Waals surface area contributed by atoms with Gasteiger partial charge in [-0.3, -0.25) is 9.52 Å². The van der Waals surface area contributed by atoms with E-state index in [2.05, 4.69) is 25.4 Å². The Kier molecular flexibility index (Phi) is 9.73. The average Bonchev–Trinajstić information content (AvgIpc) is 3.37. The lowest BCUT2D eigenvalue weighted by molar-refractivity contribution is -0.230. The number of aromatic nitrogens is 4. The predicted molar refractivity (Wildman–Crippen MR) is 153 cm³/mol. The summed E-state index contributed by atoms with van der Waals surface area (Å²) < 4.78 is 80.8. The number of aliphatic hydroxyl groups excluding tert-OH is 1. The monoisotopic (exact) mass is 633 g/mol. The van der Waals surface area contributed by atoms with Crippen molar-refractivity contribution >= 4 is 23.1 Å². The van der Waals surface area contributed by atoms with E-state index < -0.39 is 30.6 Å². The Morgan fingerprint density at radius 3 is 2.60 bits per heavy atom. The highest BCUT2D eigenvalue weighted by Gasteiger charge is 2.31. The van der Waals surface area contributed by atoms with Crippen LogP contribution in [0.3, 0.4) is 0 Å². The average molecular weight is 634 g/mol. The van der Waals surface area contributed by atoms with Crippen LogP contribution < -0.4 is 14.8 Å². The van der Waals surface area contributed by atoms with Gasteiger partial charge in [-0.05, 0) is 19.1 Å². The van der Waals surface area contributed by atoms with Gasteiger partial charge in [0.2, 0.25) is 0 Å². The fourth-order valence-electron chi connectivity index (χ4n) is 4.39. The van der Waals surface area contributed by atoms with Gasteiger partial charge >= 0.3 is 6.18 Å². The number of aliphatic imine (C=N–C) groups is 1. The molecule has 4 aromatic rings. The van der Waals surface area contributed by atoms with Gasteiger partial charge in [-0.2, -0.15) is 18.3 Å². The second kappa shape index (κ2) is 13.9. The number of halogens is 5. The van der Waals surface area contributed by atoms with E-state index in [1.54, 1.807) is 31.2 Å². The minimum absolute atomic E-state index is 0.0680. The molecular formula is C29H28F5N7O4. The largest absolute Gasteiger partial charge is 0.494 e. The molecule has 2 aromatic heterocycles. The highest BCUT2D eigenvalue weighted by molar-refractivity contribution is 5.92. The molecule has 5 rings (SSSR count). The van der Waals surface area contributed by atoms with E-state index in [0.29, 0.717) is 17.3 Å². The number of rotatable bonds is 13. The zero-order valence-electron chi connectivity index (χ0n) is 23.8. The molecule has 45 heavy (non-hydrogen) atoms. The van der Waals surface area contributed by atoms with Crippen LogP contribution >= 0.6 is 0 Å². The van der Waals surface area contributed by atoms with Crippen LogP contribution in [0.25, 0.3) is 22.4 Å². The molecular weight excluding hydrogens is 605 g/mol. The van der Waals surface area contributed by atoms with Crippen molar-refractivity contribution in [2.24, 2.45) is 4.99 Å². The number of ether oxygens (including phenoxy) is 2. The molecule has 1 aliphatic heterocycles. The quantitative estimate of drug-likeness (QED) is 0.154. The Morgan fingerprint density at radius 1 is 1.09 bits per heavy atom. The topological polar surface area (TPSA) is 119 Å². The maximum atomic E-state index is 14.9. The molecule has 0 bridgehead atoms. The molecule has 1 aliphatic rings. The number of hydroxylamine groups is 2. The molecule has 0 radical (unpaired) electrons. The lowest BCUT2D eigenvalue weighted by Crippen LogP contribution is -2.42. The highest BCUT2D eigenvalue weighted by Crippen LogP contribution is 2.32. The van der Waals surface area contributed by atoms with Crippen molar-refractivity contribution < 1.29 is 41.4 Å². The van der Waals surface area contributed by atoms with Gasteiger partial charge in [-0.25, -0.2) is 28.8 Å². The van der Waals surface area contributed by atoms with E-state index in [4.69, 9.17) is 14.3 Å². The van der Waals surface area contributed by atoms with Crippen molar-refractivity contribution in [3.63, 3.8) is 0 Å². The van der Waals surface area contributed by atoms with Gasteiger partial charge in [0.05, 0.1) is 31.5 Å². The summed E-state index contributed by atoms with van der Waals surface area (Å²) in [5.41, 5.74) is 0.590. The smallest absolute Gasteiger partial charge is 0.414 e. The molecule has 1 atom stereocenters. The van der Waals surface area contributed by atoms with Crippen molar-refractivity contribution in [3.8, 4) is 23.0 Å². The molecule has 0 amide bonds. The van der Waals surface area contributed by atoms with Crippen LogP contribution in [0.15, 0.2) is 59.9 Å². The van der Waals surface area contributed by atoms with Crippen LogP contribution in [0.2, 0.25) is 0 Å².